The van der Waals surface area contributed by atoms with E-state index in [-0.39, 0.29) is 17.1 Å². The fourth-order valence-electron chi connectivity index (χ4n) is 1.62. The Morgan fingerprint density at radius 1 is 1.31 bits per heavy atom. The summed E-state index contributed by atoms with van der Waals surface area (Å²) in [7, 11) is 1.35. The average Bonchev–Trinajstić information content (AvgIpc) is 2.14. The Balaban J connectivity index is 3.39. The number of phenolic OH excluding ortho intramolecular Hbond substituents is 1. The fraction of sp³-hybridized carbons (Fsp3) is 0.462. The molecule has 0 aliphatic carbocycles. The van der Waals surface area contributed by atoms with Gasteiger partial charge in [0.05, 0.1) is 12.7 Å². The van der Waals surface area contributed by atoms with E-state index in [1.807, 2.05) is 20.8 Å². The van der Waals surface area contributed by atoms with Gasteiger partial charge in [-0.25, -0.2) is 4.79 Å². The highest BCUT2D eigenvalue weighted by Crippen LogP contribution is 2.32. The molecule has 0 heterocycles. The van der Waals surface area contributed by atoms with Crippen LogP contribution in [0.15, 0.2) is 12.1 Å². The Hall–Kier alpha value is -1.51. The van der Waals surface area contributed by atoms with Gasteiger partial charge < -0.3 is 9.84 Å². The van der Waals surface area contributed by atoms with E-state index in [0.717, 1.165) is 11.1 Å². The summed E-state index contributed by atoms with van der Waals surface area (Å²) in [6.07, 6.45) is 0. The Labute approximate surface area is 96.1 Å². The van der Waals surface area contributed by atoms with Crippen LogP contribution in [0.1, 0.15) is 42.3 Å². The minimum atomic E-state index is -0.372. The summed E-state index contributed by atoms with van der Waals surface area (Å²) in [5.74, 6) is -0.152. The number of esters is 1. The molecule has 0 saturated carbocycles. The zero-order valence-electron chi connectivity index (χ0n) is 10.4. The van der Waals surface area contributed by atoms with E-state index in [1.54, 1.807) is 19.1 Å². The zero-order chi connectivity index (χ0) is 12.5. The van der Waals surface area contributed by atoms with E-state index in [1.165, 1.54) is 7.11 Å². The van der Waals surface area contributed by atoms with E-state index >= 15 is 0 Å². The molecule has 0 aliphatic rings. The second-order valence-corrected chi connectivity index (χ2v) is 4.93. The van der Waals surface area contributed by atoms with Crippen LogP contribution in [0.2, 0.25) is 0 Å². The number of carbonyl (C=O) groups is 1. The number of methoxy groups -OCH3 is 1. The summed E-state index contributed by atoms with van der Waals surface area (Å²) >= 11 is 0. The molecule has 88 valence electrons. The molecule has 1 aromatic rings. The van der Waals surface area contributed by atoms with Crippen LogP contribution in [-0.4, -0.2) is 18.2 Å². The molecular weight excluding hydrogens is 204 g/mol. The van der Waals surface area contributed by atoms with E-state index in [4.69, 9.17) is 4.74 Å². The van der Waals surface area contributed by atoms with Crippen LogP contribution in [0.5, 0.6) is 5.75 Å². The van der Waals surface area contributed by atoms with E-state index in [2.05, 4.69) is 0 Å². The van der Waals surface area contributed by atoms with Crippen molar-refractivity contribution in [1.29, 1.82) is 0 Å². The van der Waals surface area contributed by atoms with E-state index in [0.29, 0.717) is 5.56 Å². The maximum atomic E-state index is 11.5. The van der Waals surface area contributed by atoms with Gasteiger partial charge in [0, 0.05) is 5.56 Å². The molecule has 3 nitrogen and oxygen atoms in total. The largest absolute Gasteiger partial charge is 0.508 e. The van der Waals surface area contributed by atoms with Crippen molar-refractivity contribution in [2.75, 3.05) is 7.11 Å². The molecule has 0 unspecified atom stereocenters. The maximum Gasteiger partial charge on any atom is 0.338 e. The Morgan fingerprint density at radius 3 is 2.31 bits per heavy atom. The van der Waals surface area contributed by atoms with Crippen molar-refractivity contribution in [3.05, 3.63) is 28.8 Å². The summed E-state index contributed by atoms with van der Waals surface area (Å²) in [4.78, 5) is 11.5. The lowest BCUT2D eigenvalue weighted by Crippen LogP contribution is -2.14. The molecule has 16 heavy (non-hydrogen) atoms. The van der Waals surface area contributed by atoms with Crippen molar-refractivity contribution < 1.29 is 14.6 Å². The first kappa shape index (κ1) is 12.6. The molecule has 0 bridgehead atoms. The zero-order valence-corrected chi connectivity index (χ0v) is 10.4. The predicted octanol–water partition coefficient (Wildman–Crippen LogP) is 2.78. The molecule has 0 amide bonds. The molecule has 0 atom stereocenters. The summed E-state index contributed by atoms with van der Waals surface area (Å²) in [6, 6.07) is 3.31. The number of hydrogen-bond donors (Lipinski definition) is 1. The summed E-state index contributed by atoms with van der Waals surface area (Å²) in [5, 5.41) is 9.85. The van der Waals surface area contributed by atoms with E-state index < -0.39 is 0 Å². The third-order valence-electron chi connectivity index (χ3n) is 2.56. The van der Waals surface area contributed by atoms with Crippen molar-refractivity contribution in [2.24, 2.45) is 0 Å². The Morgan fingerprint density at radius 2 is 1.88 bits per heavy atom. The van der Waals surface area contributed by atoms with Gasteiger partial charge in [0.15, 0.2) is 0 Å². The molecule has 1 rings (SSSR count). The Bertz CT molecular complexity index is 414. The SMILES string of the molecule is COC(=O)c1cc(C(C)(C)C)c(O)cc1C. The molecule has 0 saturated heterocycles. The van der Waals surface area contributed by atoms with Crippen molar-refractivity contribution >= 4 is 5.97 Å². The molecular formula is C13H18O3. The lowest BCUT2D eigenvalue weighted by molar-refractivity contribution is 0.0599. The van der Waals surface area contributed by atoms with Gasteiger partial charge in [0.2, 0.25) is 0 Å². The highest BCUT2D eigenvalue weighted by Gasteiger charge is 2.21. The molecule has 1 aromatic carbocycles. The van der Waals surface area contributed by atoms with Crippen LogP contribution >= 0.6 is 0 Å². The lowest BCUT2D eigenvalue weighted by atomic mass is 9.84. The molecule has 0 radical (unpaired) electrons. The molecule has 0 aliphatic heterocycles. The average molecular weight is 222 g/mol. The number of phenols is 1. The van der Waals surface area contributed by atoms with Crippen molar-refractivity contribution in [1.82, 2.24) is 0 Å². The van der Waals surface area contributed by atoms with Crippen molar-refractivity contribution in [3.63, 3.8) is 0 Å². The van der Waals surface area contributed by atoms with Crippen LogP contribution in [-0.2, 0) is 10.2 Å². The Kier molecular flexibility index (Phi) is 3.27. The monoisotopic (exact) mass is 222 g/mol. The van der Waals surface area contributed by atoms with Gasteiger partial charge in [-0.3, -0.25) is 0 Å². The number of rotatable bonds is 1. The van der Waals surface area contributed by atoms with Crippen LogP contribution in [0.4, 0.5) is 0 Å². The van der Waals surface area contributed by atoms with Crippen molar-refractivity contribution in [2.45, 2.75) is 33.1 Å². The van der Waals surface area contributed by atoms with Gasteiger partial charge in [-0.15, -0.1) is 0 Å². The number of aryl methyl sites for hydroxylation is 1. The van der Waals surface area contributed by atoms with E-state index in [9.17, 15) is 9.90 Å². The van der Waals surface area contributed by atoms with Gasteiger partial charge in [-0.05, 0) is 30.0 Å². The van der Waals surface area contributed by atoms with Gasteiger partial charge in [0.25, 0.3) is 0 Å². The topological polar surface area (TPSA) is 46.5 Å². The highest BCUT2D eigenvalue weighted by molar-refractivity contribution is 5.91. The van der Waals surface area contributed by atoms with Gasteiger partial charge in [0.1, 0.15) is 5.75 Å². The third kappa shape index (κ3) is 2.35. The normalized spacial score (nSPS) is 11.3. The number of carbonyl (C=O) groups excluding carboxylic acids is 1. The summed E-state index contributed by atoms with van der Waals surface area (Å²) < 4.78 is 4.70. The molecule has 3 heteroatoms. The predicted molar refractivity (Wildman–Crippen MR) is 62.9 cm³/mol. The van der Waals surface area contributed by atoms with Crippen LogP contribution in [0, 0.1) is 6.92 Å². The van der Waals surface area contributed by atoms with Gasteiger partial charge in [-0.1, -0.05) is 20.8 Å². The first-order chi connectivity index (χ1) is 7.27. The summed E-state index contributed by atoms with van der Waals surface area (Å²) in [5.41, 5.74) is 1.77. The first-order valence-corrected chi connectivity index (χ1v) is 5.19. The van der Waals surface area contributed by atoms with Crippen molar-refractivity contribution in [3.8, 4) is 5.75 Å². The third-order valence-corrected chi connectivity index (χ3v) is 2.56. The number of aromatic hydroxyl groups is 1. The number of hydrogen-bond acceptors (Lipinski definition) is 3. The molecule has 0 aromatic heterocycles. The smallest absolute Gasteiger partial charge is 0.338 e. The van der Waals surface area contributed by atoms with Crippen LogP contribution < -0.4 is 0 Å². The highest BCUT2D eigenvalue weighted by atomic mass is 16.5. The second kappa shape index (κ2) is 4.16. The minimum absolute atomic E-state index is 0.208. The quantitative estimate of drug-likeness (QED) is 0.743. The molecule has 0 fully saturated rings. The first-order valence-electron chi connectivity index (χ1n) is 5.19. The van der Waals surface area contributed by atoms with Gasteiger partial charge >= 0.3 is 5.97 Å². The molecule has 1 N–H and O–H groups in total. The molecule has 0 spiro atoms. The van der Waals surface area contributed by atoms with Crippen LogP contribution in [0.25, 0.3) is 0 Å². The second-order valence-electron chi connectivity index (χ2n) is 4.93. The van der Waals surface area contributed by atoms with Gasteiger partial charge in [-0.2, -0.15) is 0 Å². The fourth-order valence-corrected chi connectivity index (χ4v) is 1.62. The van der Waals surface area contributed by atoms with Crippen LogP contribution in [0.3, 0.4) is 0 Å². The summed E-state index contributed by atoms with van der Waals surface area (Å²) in [6.45, 7) is 7.73. The standard InChI is InChI=1S/C13H18O3/c1-8-6-11(14)10(13(2,3)4)7-9(8)12(15)16-5/h6-7,14H,1-5H3. The minimum Gasteiger partial charge on any atom is -0.508 e. The number of ether oxygens (including phenoxy) is 1. The maximum absolute atomic E-state index is 11.5. The number of benzene rings is 1. The lowest BCUT2D eigenvalue weighted by Gasteiger charge is -2.21.